The summed E-state index contributed by atoms with van der Waals surface area (Å²) >= 11 is 1.70. The number of aromatic carboxylic acids is 1. The molecule has 0 fully saturated rings. The van der Waals surface area contributed by atoms with Gasteiger partial charge >= 0.3 is 5.97 Å². The predicted octanol–water partition coefficient (Wildman–Crippen LogP) is 4.33. The van der Waals surface area contributed by atoms with E-state index in [1.165, 1.54) is 4.88 Å². The van der Waals surface area contributed by atoms with E-state index in [1.807, 2.05) is 13.8 Å². The SMILES string of the molecule is CCCc1sc(C)nc1-c1cc(CC)cc(C(=O)O)c1. The Bertz CT molecular complexity index is 631. The van der Waals surface area contributed by atoms with Crippen LogP contribution >= 0.6 is 11.3 Å². The third-order valence-corrected chi connectivity index (χ3v) is 4.23. The van der Waals surface area contributed by atoms with E-state index >= 15 is 0 Å². The highest BCUT2D eigenvalue weighted by atomic mass is 32.1. The zero-order chi connectivity index (χ0) is 14.7. The topological polar surface area (TPSA) is 50.2 Å². The van der Waals surface area contributed by atoms with Crippen molar-refractivity contribution >= 4 is 17.3 Å². The van der Waals surface area contributed by atoms with Crippen molar-refractivity contribution < 1.29 is 9.90 Å². The zero-order valence-corrected chi connectivity index (χ0v) is 12.9. The van der Waals surface area contributed by atoms with Gasteiger partial charge < -0.3 is 5.11 Å². The predicted molar refractivity (Wildman–Crippen MR) is 82.6 cm³/mol. The number of nitrogens with zero attached hydrogens (tertiary/aromatic N) is 1. The van der Waals surface area contributed by atoms with Gasteiger partial charge in [-0.15, -0.1) is 11.3 Å². The van der Waals surface area contributed by atoms with Gasteiger partial charge in [-0.1, -0.05) is 20.3 Å². The summed E-state index contributed by atoms with van der Waals surface area (Å²) in [5, 5.41) is 10.3. The highest BCUT2D eigenvalue weighted by molar-refractivity contribution is 7.12. The molecule has 0 saturated heterocycles. The summed E-state index contributed by atoms with van der Waals surface area (Å²) in [6.07, 6.45) is 2.87. The number of rotatable bonds is 5. The number of carboxylic acids is 1. The summed E-state index contributed by atoms with van der Waals surface area (Å²) in [7, 11) is 0. The highest BCUT2D eigenvalue weighted by Gasteiger charge is 2.14. The molecular formula is C16H19NO2S. The molecule has 0 aliphatic heterocycles. The molecular weight excluding hydrogens is 270 g/mol. The third kappa shape index (κ3) is 3.07. The van der Waals surface area contributed by atoms with E-state index in [0.717, 1.165) is 41.1 Å². The Balaban J connectivity index is 2.56. The first-order chi connectivity index (χ1) is 9.55. The van der Waals surface area contributed by atoms with Crippen LogP contribution in [0.2, 0.25) is 0 Å². The van der Waals surface area contributed by atoms with Crippen molar-refractivity contribution in [2.45, 2.75) is 40.0 Å². The van der Waals surface area contributed by atoms with Crippen LogP contribution in [0.4, 0.5) is 0 Å². The van der Waals surface area contributed by atoms with E-state index in [-0.39, 0.29) is 0 Å². The molecule has 1 heterocycles. The van der Waals surface area contributed by atoms with Crippen LogP contribution in [0.5, 0.6) is 0 Å². The first kappa shape index (κ1) is 14.7. The van der Waals surface area contributed by atoms with Gasteiger partial charge in [0.2, 0.25) is 0 Å². The number of aryl methyl sites for hydroxylation is 3. The summed E-state index contributed by atoms with van der Waals surface area (Å²) in [6, 6.07) is 5.53. The number of hydrogen-bond donors (Lipinski definition) is 1. The first-order valence-electron chi connectivity index (χ1n) is 6.89. The van der Waals surface area contributed by atoms with Crippen molar-refractivity contribution in [3.63, 3.8) is 0 Å². The molecule has 0 atom stereocenters. The Hall–Kier alpha value is -1.68. The van der Waals surface area contributed by atoms with Gasteiger partial charge in [0.05, 0.1) is 16.3 Å². The molecule has 0 saturated carbocycles. The lowest BCUT2D eigenvalue weighted by Crippen LogP contribution is -1.99. The molecule has 4 heteroatoms. The molecule has 20 heavy (non-hydrogen) atoms. The molecule has 0 unspecified atom stereocenters. The second-order valence-corrected chi connectivity index (χ2v) is 6.12. The van der Waals surface area contributed by atoms with Crippen molar-refractivity contribution in [3.8, 4) is 11.3 Å². The average Bonchev–Trinajstić information content (AvgIpc) is 2.79. The number of carboxylic acid groups (broad SMARTS) is 1. The van der Waals surface area contributed by atoms with E-state index < -0.39 is 5.97 Å². The van der Waals surface area contributed by atoms with Gasteiger partial charge in [0.1, 0.15) is 0 Å². The Morgan fingerprint density at radius 2 is 2.05 bits per heavy atom. The minimum Gasteiger partial charge on any atom is -0.478 e. The van der Waals surface area contributed by atoms with Crippen LogP contribution in [0.25, 0.3) is 11.3 Å². The van der Waals surface area contributed by atoms with Gasteiger partial charge in [-0.25, -0.2) is 9.78 Å². The maximum atomic E-state index is 11.3. The van der Waals surface area contributed by atoms with Crippen LogP contribution in [0.1, 0.15) is 46.1 Å². The van der Waals surface area contributed by atoms with E-state index in [0.29, 0.717) is 5.56 Å². The lowest BCUT2D eigenvalue weighted by atomic mass is 10.0. The molecule has 106 valence electrons. The monoisotopic (exact) mass is 289 g/mol. The van der Waals surface area contributed by atoms with Crippen molar-refractivity contribution in [2.24, 2.45) is 0 Å². The quantitative estimate of drug-likeness (QED) is 0.891. The molecule has 3 nitrogen and oxygen atoms in total. The van der Waals surface area contributed by atoms with Crippen LogP contribution in [0.15, 0.2) is 18.2 Å². The van der Waals surface area contributed by atoms with Crippen LogP contribution < -0.4 is 0 Å². The van der Waals surface area contributed by atoms with Crippen LogP contribution in [-0.4, -0.2) is 16.1 Å². The molecule has 1 aromatic carbocycles. The van der Waals surface area contributed by atoms with Crippen molar-refractivity contribution in [1.82, 2.24) is 4.98 Å². The summed E-state index contributed by atoms with van der Waals surface area (Å²) in [5.74, 6) is -0.884. The summed E-state index contributed by atoms with van der Waals surface area (Å²) in [6.45, 7) is 6.17. The number of thiazole rings is 1. The minimum atomic E-state index is -0.884. The Labute approximate surface area is 123 Å². The Kier molecular flexibility index (Phi) is 4.55. The number of benzene rings is 1. The molecule has 0 aliphatic carbocycles. The van der Waals surface area contributed by atoms with Crippen LogP contribution in [0, 0.1) is 6.92 Å². The van der Waals surface area contributed by atoms with Gasteiger partial charge in [-0.05, 0) is 43.5 Å². The molecule has 0 amide bonds. The normalized spacial score (nSPS) is 10.8. The van der Waals surface area contributed by atoms with Crippen molar-refractivity contribution in [3.05, 3.63) is 39.2 Å². The summed E-state index contributed by atoms with van der Waals surface area (Å²) in [4.78, 5) is 17.1. The van der Waals surface area contributed by atoms with Gasteiger partial charge in [0.25, 0.3) is 0 Å². The lowest BCUT2D eigenvalue weighted by molar-refractivity contribution is 0.0697. The van der Waals surface area contributed by atoms with E-state index in [4.69, 9.17) is 0 Å². The molecule has 0 aliphatic rings. The maximum Gasteiger partial charge on any atom is 0.335 e. The van der Waals surface area contributed by atoms with Gasteiger partial charge in [-0.3, -0.25) is 0 Å². The van der Waals surface area contributed by atoms with Crippen LogP contribution in [-0.2, 0) is 12.8 Å². The highest BCUT2D eigenvalue weighted by Crippen LogP contribution is 2.30. The average molecular weight is 289 g/mol. The third-order valence-electron chi connectivity index (χ3n) is 3.20. The fraction of sp³-hybridized carbons (Fsp3) is 0.375. The largest absolute Gasteiger partial charge is 0.478 e. The fourth-order valence-corrected chi connectivity index (χ4v) is 3.31. The molecule has 0 radical (unpaired) electrons. The van der Waals surface area contributed by atoms with E-state index in [9.17, 15) is 9.90 Å². The molecule has 0 bridgehead atoms. The Morgan fingerprint density at radius 3 is 2.65 bits per heavy atom. The standard InChI is InChI=1S/C16H19NO2S/c1-4-6-14-15(17-10(3)20-14)12-7-11(5-2)8-13(9-12)16(18)19/h7-9H,4-6H2,1-3H3,(H,18,19). The maximum absolute atomic E-state index is 11.3. The fourth-order valence-electron chi connectivity index (χ4n) is 2.25. The number of carbonyl (C=O) groups is 1. The van der Waals surface area contributed by atoms with Gasteiger partial charge in [-0.2, -0.15) is 0 Å². The molecule has 0 spiro atoms. The second-order valence-electron chi connectivity index (χ2n) is 4.83. The van der Waals surface area contributed by atoms with Gasteiger partial charge in [0, 0.05) is 10.4 Å². The van der Waals surface area contributed by atoms with Crippen LogP contribution in [0.3, 0.4) is 0 Å². The first-order valence-corrected chi connectivity index (χ1v) is 7.70. The van der Waals surface area contributed by atoms with Crippen molar-refractivity contribution in [2.75, 3.05) is 0 Å². The number of hydrogen-bond acceptors (Lipinski definition) is 3. The molecule has 1 N–H and O–H groups in total. The number of aromatic nitrogens is 1. The summed E-state index contributed by atoms with van der Waals surface area (Å²) in [5.41, 5.74) is 3.25. The zero-order valence-electron chi connectivity index (χ0n) is 12.1. The van der Waals surface area contributed by atoms with E-state index in [1.54, 1.807) is 23.5 Å². The van der Waals surface area contributed by atoms with Gasteiger partial charge in [0.15, 0.2) is 0 Å². The lowest BCUT2D eigenvalue weighted by Gasteiger charge is -2.06. The molecule has 1 aromatic heterocycles. The van der Waals surface area contributed by atoms with E-state index in [2.05, 4.69) is 18.0 Å². The molecule has 2 rings (SSSR count). The van der Waals surface area contributed by atoms with Crippen molar-refractivity contribution in [1.29, 1.82) is 0 Å². The summed E-state index contributed by atoms with van der Waals surface area (Å²) < 4.78 is 0. The minimum absolute atomic E-state index is 0.340. The smallest absolute Gasteiger partial charge is 0.335 e. The Morgan fingerprint density at radius 1 is 1.30 bits per heavy atom. The molecule has 2 aromatic rings. The second kappa shape index (κ2) is 6.18.